The van der Waals surface area contributed by atoms with Gasteiger partial charge in [-0.2, -0.15) is 4.98 Å². The first-order chi connectivity index (χ1) is 13.5. The minimum absolute atomic E-state index is 0.116. The highest BCUT2D eigenvalue weighted by Gasteiger charge is 2.24. The molecule has 0 unspecified atom stereocenters. The van der Waals surface area contributed by atoms with E-state index in [-0.39, 0.29) is 11.7 Å². The quantitative estimate of drug-likeness (QED) is 0.816. The standard InChI is InChI=1S/C21H26FN5O/c1-15-5-6-17(14-18(15)22)20(28)26-11-9-25(10-12-26)19-13-16(2)23-21(24-19)27-7-3-4-8-27/h5-6,13-14H,3-4,7-12H2,1-2H3. The van der Waals surface area contributed by atoms with Crippen LogP contribution >= 0.6 is 0 Å². The Bertz CT molecular complexity index is 873. The molecule has 2 aliphatic rings. The molecule has 2 saturated heterocycles. The molecule has 0 spiro atoms. The minimum Gasteiger partial charge on any atom is -0.353 e. The number of benzene rings is 1. The molecule has 2 fully saturated rings. The fraction of sp³-hybridized carbons (Fsp3) is 0.476. The molecule has 0 saturated carbocycles. The third-order valence-electron chi connectivity index (χ3n) is 5.53. The number of piperazine rings is 1. The van der Waals surface area contributed by atoms with E-state index in [0.717, 1.165) is 30.5 Å². The average Bonchev–Trinajstić information content (AvgIpc) is 3.24. The summed E-state index contributed by atoms with van der Waals surface area (Å²) in [4.78, 5) is 28.3. The van der Waals surface area contributed by atoms with Crippen molar-refractivity contribution in [2.24, 2.45) is 0 Å². The van der Waals surface area contributed by atoms with Gasteiger partial charge in [-0.15, -0.1) is 0 Å². The second-order valence-electron chi connectivity index (χ2n) is 7.60. The zero-order chi connectivity index (χ0) is 19.7. The molecule has 1 aromatic carbocycles. The molecule has 7 heteroatoms. The van der Waals surface area contributed by atoms with Gasteiger partial charge in [0.15, 0.2) is 0 Å². The Labute approximate surface area is 165 Å². The summed E-state index contributed by atoms with van der Waals surface area (Å²) in [6.45, 7) is 8.31. The van der Waals surface area contributed by atoms with E-state index in [1.807, 2.05) is 13.0 Å². The van der Waals surface area contributed by atoms with Crippen LogP contribution in [-0.2, 0) is 0 Å². The number of aryl methyl sites for hydroxylation is 2. The van der Waals surface area contributed by atoms with E-state index in [2.05, 4.69) is 14.8 Å². The van der Waals surface area contributed by atoms with Gasteiger partial charge >= 0.3 is 0 Å². The predicted molar refractivity (Wildman–Crippen MR) is 107 cm³/mol. The van der Waals surface area contributed by atoms with Gasteiger partial charge in [0.05, 0.1) is 0 Å². The predicted octanol–water partition coefficient (Wildman–Crippen LogP) is 2.80. The van der Waals surface area contributed by atoms with Gasteiger partial charge in [0.1, 0.15) is 11.6 Å². The van der Waals surface area contributed by atoms with Crippen LogP contribution in [0.1, 0.15) is 34.5 Å². The molecule has 0 bridgehead atoms. The van der Waals surface area contributed by atoms with Crippen molar-refractivity contribution in [1.82, 2.24) is 14.9 Å². The molecule has 4 rings (SSSR count). The maximum absolute atomic E-state index is 13.8. The van der Waals surface area contributed by atoms with Crippen molar-refractivity contribution in [3.05, 3.63) is 46.9 Å². The van der Waals surface area contributed by atoms with Crippen LogP contribution in [0.4, 0.5) is 16.2 Å². The summed E-state index contributed by atoms with van der Waals surface area (Å²) >= 11 is 0. The third kappa shape index (κ3) is 3.79. The minimum atomic E-state index is -0.338. The van der Waals surface area contributed by atoms with E-state index < -0.39 is 0 Å². The SMILES string of the molecule is Cc1cc(N2CCN(C(=O)c3ccc(C)c(F)c3)CC2)nc(N2CCCC2)n1. The van der Waals surface area contributed by atoms with Crippen molar-refractivity contribution in [3.63, 3.8) is 0 Å². The lowest BCUT2D eigenvalue weighted by Crippen LogP contribution is -2.49. The molecule has 3 heterocycles. The van der Waals surface area contributed by atoms with E-state index in [1.165, 1.54) is 18.9 Å². The highest BCUT2D eigenvalue weighted by molar-refractivity contribution is 5.94. The molecule has 2 aliphatic heterocycles. The highest BCUT2D eigenvalue weighted by Crippen LogP contribution is 2.22. The maximum Gasteiger partial charge on any atom is 0.254 e. The zero-order valence-corrected chi connectivity index (χ0v) is 16.5. The lowest BCUT2D eigenvalue weighted by molar-refractivity contribution is 0.0746. The van der Waals surface area contributed by atoms with Gasteiger partial charge in [0, 0.05) is 56.6 Å². The first kappa shape index (κ1) is 18.7. The van der Waals surface area contributed by atoms with E-state index in [0.29, 0.717) is 37.3 Å². The molecule has 6 nitrogen and oxygen atoms in total. The van der Waals surface area contributed by atoms with Crippen molar-refractivity contribution in [1.29, 1.82) is 0 Å². The number of rotatable bonds is 3. The Morgan fingerprint density at radius 2 is 1.64 bits per heavy atom. The van der Waals surface area contributed by atoms with Crippen molar-refractivity contribution >= 4 is 17.7 Å². The van der Waals surface area contributed by atoms with Crippen molar-refractivity contribution in [2.75, 3.05) is 49.1 Å². The summed E-state index contributed by atoms with van der Waals surface area (Å²) in [6, 6.07) is 6.69. The summed E-state index contributed by atoms with van der Waals surface area (Å²) in [7, 11) is 0. The van der Waals surface area contributed by atoms with E-state index >= 15 is 0 Å². The number of anilines is 2. The molecular formula is C21H26FN5O. The van der Waals surface area contributed by atoms with Gasteiger partial charge < -0.3 is 14.7 Å². The zero-order valence-electron chi connectivity index (χ0n) is 16.5. The van der Waals surface area contributed by atoms with Crippen LogP contribution in [0.3, 0.4) is 0 Å². The summed E-state index contributed by atoms with van der Waals surface area (Å²) < 4.78 is 13.8. The molecule has 2 aromatic rings. The summed E-state index contributed by atoms with van der Waals surface area (Å²) in [5.74, 6) is 1.27. The lowest BCUT2D eigenvalue weighted by Gasteiger charge is -2.35. The van der Waals surface area contributed by atoms with Crippen LogP contribution in [0.2, 0.25) is 0 Å². The smallest absolute Gasteiger partial charge is 0.254 e. The first-order valence-electron chi connectivity index (χ1n) is 9.92. The number of halogens is 1. The highest BCUT2D eigenvalue weighted by atomic mass is 19.1. The maximum atomic E-state index is 13.8. The monoisotopic (exact) mass is 383 g/mol. The van der Waals surface area contributed by atoms with Gasteiger partial charge in [0.25, 0.3) is 5.91 Å². The second-order valence-corrected chi connectivity index (χ2v) is 7.60. The van der Waals surface area contributed by atoms with Crippen LogP contribution < -0.4 is 9.80 Å². The van der Waals surface area contributed by atoms with Crippen LogP contribution in [0.15, 0.2) is 24.3 Å². The topological polar surface area (TPSA) is 52.6 Å². The summed E-state index contributed by atoms with van der Waals surface area (Å²) in [5, 5.41) is 0. The Morgan fingerprint density at radius 3 is 2.32 bits per heavy atom. The number of carbonyl (C=O) groups is 1. The number of hydrogen-bond donors (Lipinski definition) is 0. The molecule has 1 amide bonds. The fourth-order valence-electron chi connectivity index (χ4n) is 3.80. The van der Waals surface area contributed by atoms with Crippen LogP contribution in [0.5, 0.6) is 0 Å². The van der Waals surface area contributed by atoms with E-state index in [9.17, 15) is 9.18 Å². The average molecular weight is 383 g/mol. The fourth-order valence-corrected chi connectivity index (χ4v) is 3.80. The van der Waals surface area contributed by atoms with Crippen LogP contribution in [-0.4, -0.2) is 60.0 Å². The number of hydrogen-bond acceptors (Lipinski definition) is 5. The largest absolute Gasteiger partial charge is 0.353 e. The molecular weight excluding hydrogens is 357 g/mol. The van der Waals surface area contributed by atoms with Crippen molar-refractivity contribution in [3.8, 4) is 0 Å². The number of carbonyl (C=O) groups excluding carboxylic acids is 1. The Kier molecular flexibility index (Phi) is 5.15. The lowest BCUT2D eigenvalue weighted by atomic mass is 10.1. The van der Waals surface area contributed by atoms with E-state index in [4.69, 9.17) is 4.98 Å². The molecule has 0 atom stereocenters. The Hall–Kier alpha value is -2.70. The van der Waals surface area contributed by atoms with Crippen LogP contribution in [0.25, 0.3) is 0 Å². The Balaban J connectivity index is 1.44. The molecule has 148 valence electrons. The van der Waals surface area contributed by atoms with Gasteiger partial charge in [-0.3, -0.25) is 4.79 Å². The van der Waals surface area contributed by atoms with Gasteiger partial charge in [0.2, 0.25) is 5.95 Å². The molecule has 28 heavy (non-hydrogen) atoms. The van der Waals surface area contributed by atoms with Crippen molar-refractivity contribution < 1.29 is 9.18 Å². The molecule has 0 N–H and O–H groups in total. The molecule has 1 aromatic heterocycles. The third-order valence-corrected chi connectivity index (χ3v) is 5.53. The van der Waals surface area contributed by atoms with Gasteiger partial charge in [-0.1, -0.05) is 6.07 Å². The molecule has 0 aliphatic carbocycles. The van der Waals surface area contributed by atoms with E-state index in [1.54, 1.807) is 24.0 Å². The van der Waals surface area contributed by atoms with Crippen molar-refractivity contribution in [2.45, 2.75) is 26.7 Å². The Morgan fingerprint density at radius 1 is 0.929 bits per heavy atom. The first-order valence-corrected chi connectivity index (χ1v) is 9.92. The van der Waals surface area contributed by atoms with Gasteiger partial charge in [-0.25, -0.2) is 9.37 Å². The van der Waals surface area contributed by atoms with Crippen LogP contribution in [0, 0.1) is 19.7 Å². The normalized spacial score (nSPS) is 17.3. The van der Waals surface area contributed by atoms with Gasteiger partial charge in [-0.05, 0) is 44.4 Å². The number of aromatic nitrogens is 2. The summed E-state index contributed by atoms with van der Waals surface area (Å²) in [5.41, 5.74) is 1.92. The summed E-state index contributed by atoms with van der Waals surface area (Å²) in [6.07, 6.45) is 2.38. The molecule has 0 radical (unpaired) electrons. The number of amides is 1. The second kappa shape index (κ2) is 7.73. The number of nitrogens with zero attached hydrogens (tertiary/aromatic N) is 5.